The first-order valence-electron chi connectivity index (χ1n) is 4.46. The Morgan fingerprint density at radius 3 is 2.50 bits per heavy atom. The molecule has 0 aliphatic carbocycles. The Hall–Kier alpha value is -1.33. The van der Waals surface area contributed by atoms with Crippen molar-refractivity contribution >= 4 is 23.1 Å². The highest BCUT2D eigenvalue weighted by atomic mass is 35.5. The van der Waals surface area contributed by atoms with Crippen molar-refractivity contribution in [1.82, 2.24) is 9.36 Å². The van der Waals surface area contributed by atoms with E-state index in [0.717, 1.165) is 10.6 Å². The molecule has 2 aromatic rings. The van der Waals surface area contributed by atoms with E-state index in [0.29, 0.717) is 11.5 Å². The quantitative estimate of drug-likeness (QED) is 0.847. The second kappa shape index (κ2) is 4.67. The lowest BCUT2D eigenvalue weighted by molar-refractivity contribution is 0.355. The second-order valence-corrected chi connectivity index (χ2v) is 4.03. The van der Waals surface area contributed by atoms with Crippen LogP contribution in [0.15, 0.2) is 18.2 Å². The van der Waals surface area contributed by atoms with Crippen LogP contribution in [0.1, 0.15) is 0 Å². The molecule has 0 saturated heterocycles. The van der Waals surface area contributed by atoms with Gasteiger partial charge in [0.1, 0.15) is 5.01 Å². The maximum atomic E-state index is 5.67. The van der Waals surface area contributed by atoms with Gasteiger partial charge in [0.2, 0.25) is 5.28 Å². The molecule has 2 rings (SSSR count). The first-order valence-corrected chi connectivity index (χ1v) is 5.61. The Bertz CT molecular complexity index is 501. The average Bonchev–Trinajstić information content (AvgIpc) is 2.75. The third-order valence-corrected chi connectivity index (χ3v) is 3.07. The number of methoxy groups -OCH3 is 2. The van der Waals surface area contributed by atoms with Gasteiger partial charge in [-0.1, -0.05) is 0 Å². The topological polar surface area (TPSA) is 44.2 Å². The van der Waals surface area contributed by atoms with Crippen LogP contribution in [0.5, 0.6) is 11.5 Å². The van der Waals surface area contributed by atoms with Crippen LogP contribution in [-0.4, -0.2) is 23.6 Å². The number of rotatable bonds is 3. The molecule has 4 nitrogen and oxygen atoms in total. The first kappa shape index (κ1) is 11.2. The SMILES string of the molecule is COc1ccc(-c2nc(Cl)ns2)cc1OC. The van der Waals surface area contributed by atoms with E-state index in [4.69, 9.17) is 21.1 Å². The van der Waals surface area contributed by atoms with Gasteiger partial charge in [0.15, 0.2) is 11.5 Å². The van der Waals surface area contributed by atoms with Crippen molar-refractivity contribution in [2.45, 2.75) is 0 Å². The van der Waals surface area contributed by atoms with Gasteiger partial charge in [-0.15, -0.1) is 0 Å². The number of benzene rings is 1. The highest BCUT2D eigenvalue weighted by Gasteiger charge is 2.09. The summed E-state index contributed by atoms with van der Waals surface area (Å²) in [4.78, 5) is 4.09. The summed E-state index contributed by atoms with van der Waals surface area (Å²) in [6.07, 6.45) is 0. The van der Waals surface area contributed by atoms with Gasteiger partial charge >= 0.3 is 0 Å². The third kappa shape index (κ3) is 2.10. The van der Waals surface area contributed by atoms with Crippen LogP contribution >= 0.6 is 23.1 Å². The van der Waals surface area contributed by atoms with Gasteiger partial charge in [-0.2, -0.15) is 4.37 Å². The molecule has 1 heterocycles. The average molecular weight is 257 g/mol. The number of aromatic nitrogens is 2. The van der Waals surface area contributed by atoms with Gasteiger partial charge in [0.05, 0.1) is 14.2 Å². The predicted molar refractivity (Wildman–Crippen MR) is 63.5 cm³/mol. The Balaban J connectivity index is 2.43. The van der Waals surface area contributed by atoms with Gasteiger partial charge in [0, 0.05) is 5.56 Å². The van der Waals surface area contributed by atoms with E-state index in [9.17, 15) is 0 Å². The molecule has 0 aliphatic heterocycles. The van der Waals surface area contributed by atoms with E-state index in [2.05, 4.69) is 9.36 Å². The molecule has 1 aromatic heterocycles. The Morgan fingerprint density at radius 2 is 1.94 bits per heavy atom. The van der Waals surface area contributed by atoms with E-state index < -0.39 is 0 Å². The molecular weight excluding hydrogens is 248 g/mol. The fraction of sp³-hybridized carbons (Fsp3) is 0.200. The summed E-state index contributed by atoms with van der Waals surface area (Å²) in [7, 11) is 3.19. The van der Waals surface area contributed by atoms with Gasteiger partial charge in [-0.25, -0.2) is 4.98 Å². The van der Waals surface area contributed by atoms with Crippen LogP contribution in [0.3, 0.4) is 0 Å². The predicted octanol–water partition coefficient (Wildman–Crippen LogP) is 2.88. The summed E-state index contributed by atoms with van der Waals surface area (Å²) < 4.78 is 14.3. The zero-order valence-electron chi connectivity index (χ0n) is 8.73. The summed E-state index contributed by atoms with van der Waals surface area (Å²) >= 11 is 6.92. The first-order chi connectivity index (χ1) is 7.74. The van der Waals surface area contributed by atoms with E-state index in [1.165, 1.54) is 11.5 Å². The largest absolute Gasteiger partial charge is 0.493 e. The molecule has 0 atom stereocenters. The lowest BCUT2D eigenvalue weighted by Crippen LogP contribution is -1.90. The zero-order chi connectivity index (χ0) is 11.5. The Morgan fingerprint density at radius 1 is 1.19 bits per heavy atom. The minimum absolute atomic E-state index is 0.259. The lowest BCUT2D eigenvalue weighted by Gasteiger charge is -2.07. The molecule has 6 heteroatoms. The normalized spacial score (nSPS) is 10.2. The van der Waals surface area contributed by atoms with Crippen LogP contribution in [0.4, 0.5) is 0 Å². The van der Waals surface area contributed by atoms with E-state index in [-0.39, 0.29) is 5.28 Å². The number of nitrogens with zero attached hydrogens (tertiary/aromatic N) is 2. The monoisotopic (exact) mass is 256 g/mol. The van der Waals surface area contributed by atoms with E-state index in [1.54, 1.807) is 14.2 Å². The molecule has 0 radical (unpaired) electrons. The number of halogens is 1. The molecule has 0 bridgehead atoms. The van der Waals surface area contributed by atoms with Crippen LogP contribution in [0.25, 0.3) is 10.6 Å². The second-order valence-electron chi connectivity index (χ2n) is 2.94. The standard InChI is InChI=1S/C10H9ClN2O2S/c1-14-7-4-3-6(5-8(7)15-2)9-12-10(11)13-16-9/h3-5H,1-2H3. The van der Waals surface area contributed by atoms with Crippen LogP contribution in [-0.2, 0) is 0 Å². The summed E-state index contributed by atoms with van der Waals surface area (Å²) in [5.74, 6) is 1.34. The Labute approximate surface area is 102 Å². The maximum Gasteiger partial charge on any atom is 0.234 e. The maximum absolute atomic E-state index is 5.67. The Kier molecular flexibility index (Phi) is 3.26. The van der Waals surface area contributed by atoms with Crippen molar-refractivity contribution in [1.29, 1.82) is 0 Å². The smallest absolute Gasteiger partial charge is 0.234 e. The summed E-state index contributed by atoms with van der Waals surface area (Å²) in [6.45, 7) is 0. The van der Waals surface area contributed by atoms with Gasteiger partial charge in [-0.05, 0) is 41.3 Å². The van der Waals surface area contributed by atoms with Crippen molar-refractivity contribution in [3.05, 3.63) is 23.5 Å². The van der Waals surface area contributed by atoms with Crippen molar-refractivity contribution in [2.24, 2.45) is 0 Å². The highest BCUT2D eigenvalue weighted by molar-refractivity contribution is 7.09. The molecule has 0 fully saturated rings. The fourth-order valence-corrected chi connectivity index (χ4v) is 2.09. The van der Waals surface area contributed by atoms with Crippen molar-refractivity contribution < 1.29 is 9.47 Å². The summed E-state index contributed by atoms with van der Waals surface area (Å²) in [5, 5.41) is 1.01. The van der Waals surface area contributed by atoms with Crippen molar-refractivity contribution in [2.75, 3.05) is 14.2 Å². The third-order valence-electron chi connectivity index (χ3n) is 2.03. The van der Waals surface area contributed by atoms with Gasteiger partial charge < -0.3 is 9.47 Å². The minimum Gasteiger partial charge on any atom is -0.493 e. The summed E-state index contributed by atoms with van der Waals surface area (Å²) in [6, 6.07) is 5.55. The molecule has 0 saturated carbocycles. The minimum atomic E-state index is 0.259. The van der Waals surface area contributed by atoms with Crippen molar-refractivity contribution in [3.8, 4) is 22.1 Å². The molecule has 84 valence electrons. The number of hydrogen-bond donors (Lipinski definition) is 0. The molecule has 0 amide bonds. The number of hydrogen-bond acceptors (Lipinski definition) is 5. The lowest BCUT2D eigenvalue weighted by atomic mass is 10.2. The molecule has 0 unspecified atom stereocenters. The highest BCUT2D eigenvalue weighted by Crippen LogP contribution is 2.33. The van der Waals surface area contributed by atoms with Gasteiger partial charge in [0.25, 0.3) is 0 Å². The van der Waals surface area contributed by atoms with Gasteiger partial charge in [-0.3, -0.25) is 0 Å². The van der Waals surface area contributed by atoms with E-state index >= 15 is 0 Å². The molecule has 1 aromatic carbocycles. The fourth-order valence-electron chi connectivity index (χ4n) is 1.29. The van der Waals surface area contributed by atoms with Crippen LogP contribution < -0.4 is 9.47 Å². The van der Waals surface area contributed by atoms with Crippen LogP contribution in [0.2, 0.25) is 5.28 Å². The molecule has 0 N–H and O–H groups in total. The molecule has 0 aliphatic rings. The van der Waals surface area contributed by atoms with Crippen molar-refractivity contribution in [3.63, 3.8) is 0 Å². The number of ether oxygens (including phenoxy) is 2. The molecule has 0 spiro atoms. The van der Waals surface area contributed by atoms with E-state index in [1.807, 2.05) is 18.2 Å². The molecule has 16 heavy (non-hydrogen) atoms. The van der Waals surface area contributed by atoms with Crippen LogP contribution in [0, 0.1) is 0 Å². The zero-order valence-corrected chi connectivity index (χ0v) is 10.3. The molecular formula is C10H9ClN2O2S. The summed E-state index contributed by atoms with van der Waals surface area (Å²) in [5.41, 5.74) is 0.905.